The van der Waals surface area contributed by atoms with Crippen LogP contribution in [0.2, 0.25) is 5.02 Å². The van der Waals surface area contributed by atoms with Crippen molar-refractivity contribution < 1.29 is 4.39 Å². The molecule has 0 aromatic heterocycles. The third-order valence-corrected chi connectivity index (χ3v) is 4.52. The molecule has 0 amide bonds. The Labute approximate surface area is 131 Å². The number of nitrogens with zero attached hydrogens (tertiary/aromatic N) is 2. The number of benzene rings is 1. The highest BCUT2D eigenvalue weighted by Gasteiger charge is 2.21. The highest BCUT2D eigenvalue weighted by atomic mass is 35.5. The molecule has 0 bridgehead atoms. The molecular weight excluding hydrogens is 289 g/mol. The first-order valence-electron chi connectivity index (χ1n) is 7.74. The van der Waals surface area contributed by atoms with Crippen molar-refractivity contribution in [2.45, 2.75) is 25.9 Å². The minimum Gasteiger partial charge on any atom is -0.368 e. The topological polar surface area (TPSA) is 32.5 Å². The predicted octanol–water partition coefficient (Wildman–Crippen LogP) is 2.71. The van der Waals surface area contributed by atoms with Gasteiger partial charge in [-0.1, -0.05) is 30.7 Å². The summed E-state index contributed by atoms with van der Waals surface area (Å²) in [6.07, 6.45) is 0.577. The van der Waals surface area contributed by atoms with Gasteiger partial charge in [-0.15, -0.1) is 0 Å². The first-order valence-corrected chi connectivity index (χ1v) is 8.12. The molecule has 1 aromatic carbocycles. The Bertz CT molecular complexity index is 447. The summed E-state index contributed by atoms with van der Waals surface area (Å²) in [5.74, 6) is 0. The van der Waals surface area contributed by atoms with Gasteiger partial charge in [0.25, 0.3) is 0 Å². The van der Waals surface area contributed by atoms with Gasteiger partial charge >= 0.3 is 0 Å². The van der Waals surface area contributed by atoms with Crippen LogP contribution in [0, 0.1) is 0 Å². The summed E-state index contributed by atoms with van der Waals surface area (Å²) >= 11 is 6.48. The van der Waals surface area contributed by atoms with Crippen LogP contribution in [0.15, 0.2) is 18.2 Å². The molecule has 21 heavy (non-hydrogen) atoms. The maximum Gasteiger partial charge on any atom is 0.114 e. The Morgan fingerprint density at radius 1 is 1.29 bits per heavy atom. The summed E-state index contributed by atoms with van der Waals surface area (Å²) < 4.78 is 13.6. The molecule has 0 saturated carbocycles. The maximum absolute atomic E-state index is 13.6. The van der Waals surface area contributed by atoms with Crippen molar-refractivity contribution in [3.05, 3.63) is 28.8 Å². The van der Waals surface area contributed by atoms with Crippen molar-refractivity contribution in [3.63, 3.8) is 0 Å². The van der Waals surface area contributed by atoms with E-state index in [4.69, 9.17) is 17.3 Å². The lowest BCUT2D eigenvalue weighted by molar-refractivity contribution is 0.178. The van der Waals surface area contributed by atoms with Gasteiger partial charge in [0.05, 0.1) is 10.7 Å². The molecule has 2 N–H and O–H groups in total. The molecular formula is C16H25ClFN3. The fraction of sp³-hybridized carbons (Fsp3) is 0.625. The fourth-order valence-corrected chi connectivity index (χ4v) is 3.19. The van der Waals surface area contributed by atoms with Crippen molar-refractivity contribution in [2.24, 2.45) is 5.73 Å². The average molecular weight is 314 g/mol. The lowest BCUT2D eigenvalue weighted by Crippen LogP contribution is -2.48. The molecule has 1 aliphatic heterocycles. The Morgan fingerprint density at radius 3 is 2.62 bits per heavy atom. The zero-order valence-corrected chi connectivity index (χ0v) is 13.4. The van der Waals surface area contributed by atoms with E-state index in [9.17, 15) is 4.39 Å². The van der Waals surface area contributed by atoms with E-state index < -0.39 is 6.17 Å². The van der Waals surface area contributed by atoms with Crippen LogP contribution < -0.4 is 10.6 Å². The molecule has 1 fully saturated rings. The number of alkyl halides is 1. The van der Waals surface area contributed by atoms with Crippen molar-refractivity contribution in [3.8, 4) is 0 Å². The van der Waals surface area contributed by atoms with Crippen LogP contribution in [0.4, 0.5) is 10.1 Å². The number of hydrogen-bond acceptors (Lipinski definition) is 3. The summed E-state index contributed by atoms with van der Waals surface area (Å²) in [5.41, 5.74) is 7.68. The second-order valence-electron chi connectivity index (χ2n) is 5.57. The summed E-state index contributed by atoms with van der Waals surface area (Å²) in [6, 6.07) is 6.21. The highest BCUT2D eigenvalue weighted by molar-refractivity contribution is 6.34. The first-order chi connectivity index (χ1) is 10.2. The molecule has 1 atom stereocenters. The van der Waals surface area contributed by atoms with Crippen LogP contribution in [-0.2, 0) is 6.42 Å². The molecule has 1 heterocycles. The van der Waals surface area contributed by atoms with Gasteiger partial charge in [0.1, 0.15) is 6.17 Å². The van der Waals surface area contributed by atoms with Gasteiger partial charge in [-0.05, 0) is 31.0 Å². The predicted molar refractivity (Wildman–Crippen MR) is 88.1 cm³/mol. The van der Waals surface area contributed by atoms with Crippen molar-refractivity contribution in [1.29, 1.82) is 0 Å². The van der Waals surface area contributed by atoms with Crippen LogP contribution in [0.3, 0.4) is 0 Å². The standard InChI is InChI=1S/C16H25ClFN3/c1-2-13-4-3-5-15(16(13)17)21-10-8-20(9-11-21)12-14(18)6-7-19/h3-5,14H,2,6-12,19H2,1H3. The number of halogens is 2. The summed E-state index contributed by atoms with van der Waals surface area (Å²) in [7, 11) is 0. The van der Waals surface area contributed by atoms with E-state index in [0.29, 0.717) is 19.5 Å². The summed E-state index contributed by atoms with van der Waals surface area (Å²) in [6.45, 7) is 6.55. The minimum atomic E-state index is -0.812. The minimum absolute atomic E-state index is 0.417. The largest absolute Gasteiger partial charge is 0.368 e. The molecule has 0 aliphatic carbocycles. The zero-order valence-electron chi connectivity index (χ0n) is 12.7. The Morgan fingerprint density at radius 2 is 2.00 bits per heavy atom. The number of aryl methyl sites for hydroxylation is 1. The van der Waals surface area contributed by atoms with Crippen LogP contribution in [0.5, 0.6) is 0 Å². The second-order valence-corrected chi connectivity index (χ2v) is 5.94. The number of piperazine rings is 1. The maximum atomic E-state index is 13.6. The van der Waals surface area contributed by atoms with E-state index in [-0.39, 0.29) is 0 Å². The molecule has 2 rings (SSSR count). The van der Waals surface area contributed by atoms with Crippen molar-refractivity contribution in [2.75, 3.05) is 44.2 Å². The zero-order chi connectivity index (χ0) is 15.2. The van der Waals surface area contributed by atoms with E-state index in [2.05, 4.69) is 34.9 Å². The second kappa shape index (κ2) is 7.97. The Balaban J connectivity index is 1.92. The highest BCUT2D eigenvalue weighted by Crippen LogP contribution is 2.30. The SMILES string of the molecule is CCc1cccc(N2CCN(CC(F)CCN)CC2)c1Cl. The van der Waals surface area contributed by atoms with E-state index in [1.54, 1.807) is 0 Å². The van der Waals surface area contributed by atoms with Gasteiger partial charge in [0.2, 0.25) is 0 Å². The van der Waals surface area contributed by atoms with Gasteiger partial charge in [-0.3, -0.25) is 4.90 Å². The van der Waals surface area contributed by atoms with Gasteiger partial charge < -0.3 is 10.6 Å². The third kappa shape index (κ3) is 4.31. The van der Waals surface area contributed by atoms with Gasteiger partial charge in [-0.25, -0.2) is 4.39 Å². The lowest BCUT2D eigenvalue weighted by Gasteiger charge is -2.37. The number of hydrogen-bond donors (Lipinski definition) is 1. The molecule has 118 valence electrons. The van der Waals surface area contributed by atoms with E-state index >= 15 is 0 Å². The van der Waals surface area contributed by atoms with Crippen molar-refractivity contribution >= 4 is 17.3 Å². The summed E-state index contributed by atoms with van der Waals surface area (Å²) in [5, 5.41) is 0.861. The van der Waals surface area contributed by atoms with E-state index in [1.165, 1.54) is 5.56 Å². The van der Waals surface area contributed by atoms with Gasteiger partial charge in [-0.2, -0.15) is 0 Å². The van der Waals surface area contributed by atoms with Crippen LogP contribution in [0.1, 0.15) is 18.9 Å². The van der Waals surface area contributed by atoms with Crippen LogP contribution >= 0.6 is 11.6 Å². The Kier molecular flexibility index (Phi) is 6.27. The van der Waals surface area contributed by atoms with Crippen LogP contribution in [-0.4, -0.2) is 50.3 Å². The molecule has 3 nitrogen and oxygen atoms in total. The van der Waals surface area contributed by atoms with E-state index in [1.807, 2.05) is 0 Å². The quantitative estimate of drug-likeness (QED) is 0.876. The molecule has 0 spiro atoms. The number of nitrogens with two attached hydrogens (primary N) is 1. The molecule has 1 unspecified atom stereocenters. The molecule has 5 heteroatoms. The van der Waals surface area contributed by atoms with Crippen molar-refractivity contribution in [1.82, 2.24) is 4.90 Å². The fourth-order valence-electron chi connectivity index (χ4n) is 2.81. The Hall–Kier alpha value is -0.840. The molecule has 0 radical (unpaired) electrons. The average Bonchev–Trinajstić information content (AvgIpc) is 2.49. The van der Waals surface area contributed by atoms with E-state index in [0.717, 1.165) is 43.3 Å². The van der Waals surface area contributed by atoms with Gasteiger partial charge in [0, 0.05) is 32.7 Å². The van der Waals surface area contributed by atoms with Crippen LogP contribution in [0.25, 0.3) is 0 Å². The van der Waals surface area contributed by atoms with Gasteiger partial charge in [0.15, 0.2) is 0 Å². The molecule has 1 aliphatic rings. The normalized spacial score (nSPS) is 18.0. The number of anilines is 1. The molecule has 1 aromatic rings. The molecule has 1 saturated heterocycles. The monoisotopic (exact) mass is 313 g/mol. The first kappa shape index (κ1) is 16.5. The third-order valence-electron chi connectivity index (χ3n) is 4.09. The smallest absolute Gasteiger partial charge is 0.114 e. The summed E-state index contributed by atoms with van der Waals surface area (Å²) in [4.78, 5) is 4.47. The lowest BCUT2D eigenvalue weighted by atomic mass is 10.1. The number of rotatable bonds is 6.